The highest BCUT2D eigenvalue weighted by Gasteiger charge is 2.20. The molecular formula is C14H15N3O4. The standard InChI is InChI=1S/C14H15N3O4/c1-3-16-14(20)17(10-8-6-5-7-9-10)12(18)11(15-16)13(19)21-4-2/h5-9H,3-4H2,1-2H3. The van der Waals surface area contributed by atoms with Crippen LogP contribution in [0, 0.1) is 0 Å². The van der Waals surface area contributed by atoms with E-state index in [4.69, 9.17) is 4.74 Å². The van der Waals surface area contributed by atoms with E-state index in [-0.39, 0.29) is 13.2 Å². The Bertz CT molecular complexity index is 762. The molecule has 2 rings (SSSR count). The number of rotatable bonds is 4. The first-order valence-corrected chi connectivity index (χ1v) is 6.56. The first-order valence-electron chi connectivity index (χ1n) is 6.56. The maximum atomic E-state index is 12.4. The third-order valence-electron chi connectivity index (χ3n) is 2.82. The fourth-order valence-electron chi connectivity index (χ4n) is 1.85. The third kappa shape index (κ3) is 2.76. The molecule has 7 nitrogen and oxygen atoms in total. The van der Waals surface area contributed by atoms with Crippen molar-refractivity contribution in [2.45, 2.75) is 20.4 Å². The van der Waals surface area contributed by atoms with Crippen molar-refractivity contribution in [3.8, 4) is 5.69 Å². The van der Waals surface area contributed by atoms with E-state index in [0.717, 1.165) is 9.25 Å². The zero-order chi connectivity index (χ0) is 15.4. The van der Waals surface area contributed by atoms with Crippen LogP contribution in [0.3, 0.4) is 0 Å². The van der Waals surface area contributed by atoms with Gasteiger partial charge in [-0.15, -0.1) is 0 Å². The van der Waals surface area contributed by atoms with Gasteiger partial charge in [-0.05, 0) is 26.0 Å². The zero-order valence-corrected chi connectivity index (χ0v) is 11.8. The lowest BCUT2D eigenvalue weighted by Crippen LogP contribution is -2.43. The van der Waals surface area contributed by atoms with Crippen LogP contribution >= 0.6 is 0 Å². The van der Waals surface area contributed by atoms with Crippen molar-refractivity contribution in [1.82, 2.24) is 14.3 Å². The van der Waals surface area contributed by atoms with Crippen LogP contribution in [0.4, 0.5) is 0 Å². The summed E-state index contributed by atoms with van der Waals surface area (Å²) in [6, 6.07) is 8.37. The first kappa shape index (κ1) is 14.7. The van der Waals surface area contributed by atoms with Crippen LogP contribution in [0.25, 0.3) is 5.69 Å². The van der Waals surface area contributed by atoms with Gasteiger partial charge >= 0.3 is 11.7 Å². The average Bonchev–Trinajstić information content (AvgIpc) is 2.49. The molecule has 0 aliphatic carbocycles. The molecule has 1 aromatic heterocycles. The summed E-state index contributed by atoms with van der Waals surface area (Å²) in [6.07, 6.45) is 0. The van der Waals surface area contributed by atoms with Crippen LogP contribution in [0.15, 0.2) is 39.9 Å². The molecule has 21 heavy (non-hydrogen) atoms. The Morgan fingerprint density at radius 3 is 2.43 bits per heavy atom. The van der Waals surface area contributed by atoms with Crippen LogP contribution in [-0.2, 0) is 11.3 Å². The van der Waals surface area contributed by atoms with Gasteiger partial charge in [-0.3, -0.25) is 4.79 Å². The quantitative estimate of drug-likeness (QED) is 0.769. The first-order chi connectivity index (χ1) is 10.1. The number of para-hydroxylation sites is 1. The largest absolute Gasteiger partial charge is 0.461 e. The SMILES string of the molecule is CCOC(=O)c1nn(CC)c(=O)n(-c2ccccc2)c1=O. The van der Waals surface area contributed by atoms with Gasteiger partial charge in [0.2, 0.25) is 5.69 Å². The maximum Gasteiger partial charge on any atom is 0.364 e. The van der Waals surface area contributed by atoms with E-state index >= 15 is 0 Å². The predicted molar refractivity (Wildman–Crippen MR) is 75.7 cm³/mol. The van der Waals surface area contributed by atoms with Crippen LogP contribution in [0.1, 0.15) is 24.3 Å². The monoisotopic (exact) mass is 289 g/mol. The molecule has 110 valence electrons. The van der Waals surface area contributed by atoms with Gasteiger partial charge < -0.3 is 4.74 Å². The molecule has 1 aromatic carbocycles. The van der Waals surface area contributed by atoms with Crippen molar-refractivity contribution in [3.05, 3.63) is 56.9 Å². The number of hydrogen-bond donors (Lipinski definition) is 0. The second kappa shape index (κ2) is 6.17. The minimum absolute atomic E-state index is 0.122. The van der Waals surface area contributed by atoms with Gasteiger partial charge in [0.25, 0.3) is 5.56 Å². The summed E-state index contributed by atoms with van der Waals surface area (Å²) in [5.74, 6) is -0.839. The number of aryl methyl sites for hydroxylation is 1. The normalized spacial score (nSPS) is 10.4. The van der Waals surface area contributed by atoms with Crippen LogP contribution < -0.4 is 11.2 Å². The summed E-state index contributed by atoms with van der Waals surface area (Å²) in [5.41, 5.74) is -1.40. The summed E-state index contributed by atoms with van der Waals surface area (Å²) < 4.78 is 6.78. The van der Waals surface area contributed by atoms with E-state index in [2.05, 4.69) is 5.10 Å². The number of benzene rings is 1. The molecule has 0 unspecified atom stereocenters. The lowest BCUT2D eigenvalue weighted by molar-refractivity contribution is 0.0512. The minimum atomic E-state index is -0.839. The molecule has 0 saturated carbocycles. The number of ether oxygens (including phenoxy) is 1. The van der Waals surface area contributed by atoms with Gasteiger partial charge in [-0.25, -0.2) is 18.8 Å². The molecule has 0 aliphatic rings. The van der Waals surface area contributed by atoms with Crippen LogP contribution in [0.5, 0.6) is 0 Å². The molecule has 0 saturated heterocycles. The Balaban J connectivity index is 2.75. The molecule has 0 aliphatic heterocycles. The Kier molecular flexibility index (Phi) is 4.32. The summed E-state index contributed by atoms with van der Waals surface area (Å²) >= 11 is 0. The highest BCUT2D eigenvalue weighted by atomic mass is 16.5. The lowest BCUT2D eigenvalue weighted by Gasteiger charge is -2.10. The molecule has 7 heteroatoms. The predicted octanol–water partition coefficient (Wildman–Crippen LogP) is 0.591. The fourth-order valence-corrected chi connectivity index (χ4v) is 1.85. The number of carbonyl (C=O) groups excluding carboxylic acids is 1. The number of carbonyl (C=O) groups is 1. The van der Waals surface area contributed by atoms with Gasteiger partial charge in [-0.1, -0.05) is 18.2 Å². The van der Waals surface area contributed by atoms with Gasteiger partial charge in [0.1, 0.15) is 0 Å². The van der Waals surface area contributed by atoms with Gasteiger partial charge in [0.05, 0.1) is 12.3 Å². The molecule has 0 fully saturated rings. The Labute approximate surface area is 120 Å². The average molecular weight is 289 g/mol. The Morgan fingerprint density at radius 2 is 1.86 bits per heavy atom. The minimum Gasteiger partial charge on any atom is -0.461 e. The molecule has 0 bridgehead atoms. The number of nitrogens with zero attached hydrogens (tertiary/aromatic N) is 3. The zero-order valence-electron chi connectivity index (χ0n) is 11.8. The molecule has 0 atom stereocenters. The fraction of sp³-hybridized carbons (Fsp3) is 0.286. The van der Waals surface area contributed by atoms with Crippen LogP contribution in [0.2, 0.25) is 0 Å². The molecule has 0 spiro atoms. The Hall–Kier alpha value is -2.70. The van der Waals surface area contributed by atoms with Crippen molar-refractivity contribution >= 4 is 5.97 Å². The van der Waals surface area contributed by atoms with Gasteiger partial charge in [0, 0.05) is 6.54 Å². The third-order valence-corrected chi connectivity index (χ3v) is 2.82. The summed E-state index contributed by atoms with van der Waals surface area (Å²) in [4.78, 5) is 36.4. The van der Waals surface area contributed by atoms with Crippen molar-refractivity contribution in [2.75, 3.05) is 6.61 Å². The van der Waals surface area contributed by atoms with Crippen molar-refractivity contribution in [2.24, 2.45) is 0 Å². The number of hydrogen-bond acceptors (Lipinski definition) is 5. The van der Waals surface area contributed by atoms with Crippen molar-refractivity contribution in [1.29, 1.82) is 0 Å². The van der Waals surface area contributed by atoms with E-state index in [1.54, 1.807) is 44.2 Å². The lowest BCUT2D eigenvalue weighted by atomic mass is 10.3. The molecule has 2 aromatic rings. The number of aromatic nitrogens is 3. The molecule has 1 heterocycles. The van der Waals surface area contributed by atoms with Gasteiger partial charge in [0.15, 0.2) is 0 Å². The Morgan fingerprint density at radius 1 is 1.19 bits per heavy atom. The van der Waals surface area contributed by atoms with E-state index in [1.165, 1.54) is 0 Å². The van der Waals surface area contributed by atoms with Gasteiger partial charge in [-0.2, -0.15) is 5.10 Å². The maximum absolute atomic E-state index is 12.4. The van der Waals surface area contributed by atoms with E-state index < -0.39 is 22.9 Å². The smallest absolute Gasteiger partial charge is 0.364 e. The topological polar surface area (TPSA) is 83.2 Å². The summed E-state index contributed by atoms with van der Waals surface area (Å²) in [5, 5.41) is 3.79. The van der Waals surface area contributed by atoms with Crippen LogP contribution in [-0.4, -0.2) is 26.9 Å². The second-order valence-electron chi connectivity index (χ2n) is 4.14. The molecule has 0 amide bonds. The van der Waals surface area contributed by atoms with E-state index in [1.807, 2.05) is 0 Å². The molecule has 0 N–H and O–H groups in total. The highest BCUT2D eigenvalue weighted by Crippen LogP contribution is 2.01. The molecule has 0 radical (unpaired) electrons. The summed E-state index contributed by atoms with van der Waals surface area (Å²) in [6.45, 7) is 3.68. The molecular weight excluding hydrogens is 274 g/mol. The van der Waals surface area contributed by atoms with E-state index in [9.17, 15) is 14.4 Å². The van der Waals surface area contributed by atoms with Crippen molar-refractivity contribution in [3.63, 3.8) is 0 Å². The number of esters is 1. The van der Waals surface area contributed by atoms with E-state index in [0.29, 0.717) is 5.69 Å². The van der Waals surface area contributed by atoms with Crippen molar-refractivity contribution < 1.29 is 9.53 Å². The second-order valence-corrected chi connectivity index (χ2v) is 4.14. The summed E-state index contributed by atoms with van der Waals surface area (Å²) in [7, 11) is 0. The highest BCUT2D eigenvalue weighted by molar-refractivity contribution is 5.86.